The Bertz CT molecular complexity index is 671. The summed E-state index contributed by atoms with van der Waals surface area (Å²) in [7, 11) is 4.03. The molecule has 0 N–H and O–H groups in total. The molecule has 0 unspecified atom stereocenters. The van der Waals surface area contributed by atoms with E-state index >= 15 is 0 Å². The Balaban J connectivity index is 1.47. The van der Waals surface area contributed by atoms with Crippen molar-refractivity contribution in [2.45, 2.75) is 25.8 Å². The van der Waals surface area contributed by atoms with Gasteiger partial charge in [0.15, 0.2) is 5.78 Å². The summed E-state index contributed by atoms with van der Waals surface area (Å²) in [6.45, 7) is 3.20. The monoisotopic (exact) mass is 336 g/mol. The van der Waals surface area contributed by atoms with Crippen LogP contribution in [0.1, 0.15) is 35.2 Å². The minimum Gasteiger partial charge on any atom is -0.378 e. The number of ketones is 1. The van der Waals surface area contributed by atoms with Crippen molar-refractivity contribution in [2.75, 3.05) is 32.1 Å². The topological polar surface area (TPSA) is 23.6 Å². The molecule has 1 heterocycles. The van der Waals surface area contributed by atoms with E-state index < -0.39 is 0 Å². The Hall–Kier alpha value is -2.13. The number of piperidine rings is 1. The van der Waals surface area contributed by atoms with Crippen molar-refractivity contribution < 1.29 is 4.79 Å². The van der Waals surface area contributed by atoms with Crippen molar-refractivity contribution in [3.05, 3.63) is 65.7 Å². The van der Waals surface area contributed by atoms with Crippen molar-refractivity contribution in [2.24, 2.45) is 5.92 Å². The van der Waals surface area contributed by atoms with Crippen LogP contribution in [0.15, 0.2) is 54.6 Å². The molecule has 1 aliphatic rings. The number of Topliss-reactive ketones (excluding diaryl/α,β-unsaturated/α-hetero) is 1. The smallest absolute Gasteiger partial charge is 0.163 e. The number of carbonyl (C=O) groups is 1. The molecule has 2 aromatic carbocycles. The van der Waals surface area contributed by atoms with Gasteiger partial charge in [0.2, 0.25) is 0 Å². The first-order chi connectivity index (χ1) is 12.1. The number of benzene rings is 2. The Morgan fingerprint density at radius 1 is 1.00 bits per heavy atom. The molecule has 3 heteroatoms. The minimum atomic E-state index is 0.284. The lowest BCUT2D eigenvalue weighted by molar-refractivity contribution is 0.0925. The average Bonchev–Trinajstić information content (AvgIpc) is 2.64. The summed E-state index contributed by atoms with van der Waals surface area (Å²) in [4.78, 5) is 17.1. The summed E-state index contributed by atoms with van der Waals surface area (Å²) < 4.78 is 0. The van der Waals surface area contributed by atoms with E-state index in [1.54, 1.807) is 0 Å². The summed E-state index contributed by atoms with van der Waals surface area (Å²) in [5, 5.41) is 0. The molecule has 25 heavy (non-hydrogen) atoms. The summed E-state index contributed by atoms with van der Waals surface area (Å²) in [6.07, 6.45) is 2.92. The number of carbonyl (C=O) groups excluding carboxylic acids is 1. The number of nitrogens with zero attached hydrogens (tertiary/aromatic N) is 2. The van der Waals surface area contributed by atoms with Crippen LogP contribution in [0.25, 0.3) is 0 Å². The van der Waals surface area contributed by atoms with Gasteiger partial charge in [-0.2, -0.15) is 0 Å². The molecule has 0 spiro atoms. The van der Waals surface area contributed by atoms with E-state index in [0.717, 1.165) is 43.7 Å². The fourth-order valence-corrected chi connectivity index (χ4v) is 3.52. The summed E-state index contributed by atoms with van der Waals surface area (Å²) in [6, 6.07) is 18.6. The van der Waals surface area contributed by atoms with E-state index in [2.05, 4.69) is 40.1 Å². The van der Waals surface area contributed by atoms with E-state index in [-0.39, 0.29) is 5.78 Å². The average molecular weight is 336 g/mol. The van der Waals surface area contributed by atoms with E-state index in [0.29, 0.717) is 12.3 Å². The highest BCUT2D eigenvalue weighted by molar-refractivity contribution is 5.96. The molecule has 1 aliphatic heterocycles. The third kappa shape index (κ3) is 4.93. The Kier molecular flexibility index (Phi) is 5.87. The van der Waals surface area contributed by atoms with Gasteiger partial charge in [0.25, 0.3) is 0 Å². The van der Waals surface area contributed by atoms with Crippen molar-refractivity contribution >= 4 is 11.5 Å². The highest BCUT2D eigenvalue weighted by Crippen LogP contribution is 2.24. The second-order valence-corrected chi connectivity index (χ2v) is 7.27. The quantitative estimate of drug-likeness (QED) is 0.737. The highest BCUT2D eigenvalue weighted by Gasteiger charge is 2.22. The van der Waals surface area contributed by atoms with E-state index in [1.807, 2.05) is 38.4 Å². The fourth-order valence-electron chi connectivity index (χ4n) is 3.52. The molecular weight excluding hydrogens is 308 g/mol. The summed E-state index contributed by atoms with van der Waals surface area (Å²) in [5.41, 5.74) is 3.35. The largest absolute Gasteiger partial charge is 0.378 e. The highest BCUT2D eigenvalue weighted by atomic mass is 16.1. The van der Waals surface area contributed by atoms with Crippen LogP contribution in [-0.2, 0) is 6.54 Å². The molecule has 3 nitrogen and oxygen atoms in total. The van der Waals surface area contributed by atoms with Gasteiger partial charge in [-0.25, -0.2) is 0 Å². The molecule has 0 aliphatic carbocycles. The normalized spacial score (nSPS) is 15.9. The molecular formula is C22H28N2O. The summed E-state index contributed by atoms with van der Waals surface area (Å²) in [5.74, 6) is 0.805. The number of likely N-dealkylation sites (tertiary alicyclic amines) is 1. The first-order valence-corrected chi connectivity index (χ1v) is 9.18. The molecule has 132 valence electrons. The second kappa shape index (κ2) is 8.30. The van der Waals surface area contributed by atoms with Crippen molar-refractivity contribution in [3.63, 3.8) is 0 Å². The fraction of sp³-hybridized carbons (Fsp3) is 0.409. The predicted octanol–water partition coefficient (Wildman–Crippen LogP) is 4.24. The predicted molar refractivity (Wildman–Crippen MR) is 104 cm³/mol. The van der Waals surface area contributed by atoms with Crippen molar-refractivity contribution in [3.8, 4) is 0 Å². The first kappa shape index (κ1) is 17.7. The van der Waals surface area contributed by atoms with Crippen LogP contribution in [0, 0.1) is 5.92 Å². The molecule has 0 radical (unpaired) electrons. The number of hydrogen-bond donors (Lipinski definition) is 0. The zero-order chi connectivity index (χ0) is 17.6. The Morgan fingerprint density at radius 3 is 2.24 bits per heavy atom. The summed E-state index contributed by atoms with van der Waals surface area (Å²) >= 11 is 0. The van der Waals surface area contributed by atoms with E-state index in [1.165, 1.54) is 5.56 Å². The van der Waals surface area contributed by atoms with Crippen molar-refractivity contribution in [1.82, 2.24) is 4.90 Å². The van der Waals surface area contributed by atoms with Crippen LogP contribution in [0.2, 0.25) is 0 Å². The van der Waals surface area contributed by atoms with Gasteiger partial charge in [-0.3, -0.25) is 9.69 Å². The van der Waals surface area contributed by atoms with E-state index in [4.69, 9.17) is 0 Å². The van der Waals surface area contributed by atoms with Gasteiger partial charge in [-0.15, -0.1) is 0 Å². The van der Waals surface area contributed by atoms with Gasteiger partial charge in [-0.1, -0.05) is 30.3 Å². The Morgan fingerprint density at radius 2 is 1.64 bits per heavy atom. The maximum atomic E-state index is 12.5. The van der Waals surface area contributed by atoms with Crippen LogP contribution in [0.3, 0.4) is 0 Å². The van der Waals surface area contributed by atoms with Gasteiger partial charge >= 0.3 is 0 Å². The lowest BCUT2D eigenvalue weighted by atomic mass is 9.89. The SMILES string of the molecule is CN(C)c1ccc(C(=O)CC2CCN(Cc3ccccc3)CC2)cc1. The lowest BCUT2D eigenvalue weighted by Gasteiger charge is -2.31. The second-order valence-electron chi connectivity index (χ2n) is 7.27. The molecule has 1 fully saturated rings. The maximum absolute atomic E-state index is 12.5. The zero-order valence-electron chi connectivity index (χ0n) is 15.3. The third-order valence-electron chi connectivity index (χ3n) is 5.14. The number of rotatable bonds is 6. The maximum Gasteiger partial charge on any atom is 0.163 e. The number of anilines is 1. The van der Waals surface area contributed by atoms with Crippen LogP contribution in [0.5, 0.6) is 0 Å². The zero-order valence-corrected chi connectivity index (χ0v) is 15.3. The molecule has 0 bridgehead atoms. The molecule has 1 saturated heterocycles. The first-order valence-electron chi connectivity index (χ1n) is 9.18. The molecule has 0 amide bonds. The lowest BCUT2D eigenvalue weighted by Crippen LogP contribution is -2.33. The third-order valence-corrected chi connectivity index (χ3v) is 5.14. The standard InChI is InChI=1S/C22H28N2O/c1-23(2)21-10-8-20(9-11-21)22(25)16-18-12-14-24(15-13-18)17-19-6-4-3-5-7-19/h3-11,18H,12-17H2,1-2H3. The van der Waals surface area contributed by atoms with Crippen LogP contribution in [-0.4, -0.2) is 37.9 Å². The van der Waals surface area contributed by atoms with Gasteiger partial charge in [0.1, 0.15) is 0 Å². The molecule has 2 aromatic rings. The molecule has 0 atom stereocenters. The van der Waals surface area contributed by atoms with Crippen molar-refractivity contribution in [1.29, 1.82) is 0 Å². The van der Waals surface area contributed by atoms with Gasteiger partial charge in [0, 0.05) is 38.3 Å². The van der Waals surface area contributed by atoms with Crippen LogP contribution < -0.4 is 4.90 Å². The Labute approximate surface area is 151 Å². The minimum absolute atomic E-state index is 0.284. The van der Waals surface area contributed by atoms with Gasteiger partial charge in [-0.05, 0) is 61.7 Å². The van der Waals surface area contributed by atoms with Crippen LogP contribution >= 0.6 is 0 Å². The van der Waals surface area contributed by atoms with Gasteiger partial charge < -0.3 is 4.90 Å². The number of hydrogen-bond acceptors (Lipinski definition) is 3. The molecule has 3 rings (SSSR count). The van der Waals surface area contributed by atoms with Crippen LogP contribution in [0.4, 0.5) is 5.69 Å². The molecule has 0 saturated carbocycles. The van der Waals surface area contributed by atoms with E-state index in [9.17, 15) is 4.79 Å². The molecule has 0 aromatic heterocycles. The van der Waals surface area contributed by atoms with Gasteiger partial charge in [0.05, 0.1) is 0 Å².